The van der Waals surface area contributed by atoms with Crippen molar-refractivity contribution in [2.45, 2.75) is 12.8 Å². The maximum absolute atomic E-state index is 12.6. The SMILES string of the molecule is O=C(Cc1ccc2c(c1)CCO2)N1CCN(C(=O)c2ccncc2)CC1. The molecule has 2 aliphatic heterocycles. The van der Waals surface area contributed by atoms with Gasteiger partial charge in [-0.15, -0.1) is 0 Å². The number of fused-ring (bicyclic) bond motifs is 1. The summed E-state index contributed by atoms with van der Waals surface area (Å²) >= 11 is 0. The molecule has 0 atom stereocenters. The Morgan fingerprint density at radius 1 is 1.00 bits per heavy atom. The summed E-state index contributed by atoms with van der Waals surface area (Å²) in [5.74, 6) is 1.04. The normalized spacial score (nSPS) is 16.2. The zero-order valence-corrected chi connectivity index (χ0v) is 14.6. The number of rotatable bonds is 3. The first kappa shape index (κ1) is 16.6. The van der Waals surface area contributed by atoms with Gasteiger partial charge >= 0.3 is 0 Å². The van der Waals surface area contributed by atoms with Crippen molar-refractivity contribution in [3.8, 4) is 5.75 Å². The molecule has 0 saturated carbocycles. The van der Waals surface area contributed by atoms with E-state index in [2.05, 4.69) is 11.1 Å². The average molecular weight is 351 g/mol. The molecule has 1 aromatic heterocycles. The van der Waals surface area contributed by atoms with Crippen molar-refractivity contribution in [2.75, 3.05) is 32.8 Å². The van der Waals surface area contributed by atoms with Crippen LogP contribution in [0, 0.1) is 0 Å². The Kier molecular flexibility index (Phi) is 4.56. The fourth-order valence-electron chi connectivity index (χ4n) is 3.47. The number of hydrogen-bond acceptors (Lipinski definition) is 4. The molecule has 0 aliphatic carbocycles. The predicted octanol–water partition coefficient (Wildman–Crippen LogP) is 1.54. The Morgan fingerprint density at radius 2 is 1.73 bits per heavy atom. The minimum absolute atomic E-state index is 0.00174. The highest BCUT2D eigenvalue weighted by molar-refractivity contribution is 5.94. The van der Waals surface area contributed by atoms with Crippen molar-refractivity contribution >= 4 is 11.8 Å². The highest BCUT2D eigenvalue weighted by Gasteiger charge is 2.25. The second-order valence-electron chi connectivity index (χ2n) is 6.63. The molecular formula is C20H21N3O3. The van der Waals surface area contributed by atoms with Gasteiger partial charge in [-0.1, -0.05) is 12.1 Å². The Bertz CT molecular complexity index is 814. The summed E-state index contributed by atoms with van der Waals surface area (Å²) < 4.78 is 5.51. The second-order valence-corrected chi connectivity index (χ2v) is 6.63. The van der Waals surface area contributed by atoms with E-state index >= 15 is 0 Å². The number of carbonyl (C=O) groups excluding carboxylic acids is 2. The van der Waals surface area contributed by atoms with Crippen LogP contribution in [0.1, 0.15) is 21.5 Å². The molecule has 4 rings (SSSR count). The number of piperazine rings is 1. The monoisotopic (exact) mass is 351 g/mol. The third kappa shape index (κ3) is 3.40. The summed E-state index contributed by atoms with van der Waals surface area (Å²) in [6.45, 7) is 2.99. The maximum atomic E-state index is 12.6. The molecule has 134 valence electrons. The van der Waals surface area contributed by atoms with E-state index in [1.54, 1.807) is 29.4 Å². The molecule has 2 aromatic rings. The van der Waals surface area contributed by atoms with Gasteiger partial charge in [-0.05, 0) is 29.3 Å². The zero-order chi connectivity index (χ0) is 17.9. The molecule has 0 N–H and O–H groups in total. The van der Waals surface area contributed by atoms with E-state index in [4.69, 9.17) is 4.74 Å². The van der Waals surface area contributed by atoms with Crippen LogP contribution in [-0.4, -0.2) is 59.4 Å². The van der Waals surface area contributed by atoms with Crippen molar-refractivity contribution < 1.29 is 14.3 Å². The topological polar surface area (TPSA) is 62.7 Å². The highest BCUT2D eigenvalue weighted by atomic mass is 16.5. The number of ether oxygens (including phenoxy) is 1. The molecule has 3 heterocycles. The smallest absolute Gasteiger partial charge is 0.254 e. The molecule has 6 nitrogen and oxygen atoms in total. The molecule has 0 bridgehead atoms. The van der Waals surface area contributed by atoms with Gasteiger partial charge in [0.1, 0.15) is 5.75 Å². The fraction of sp³-hybridized carbons (Fsp3) is 0.350. The Hall–Kier alpha value is -2.89. The molecule has 2 amide bonds. The first-order valence-corrected chi connectivity index (χ1v) is 8.92. The van der Waals surface area contributed by atoms with Crippen LogP contribution in [0.25, 0.3) is 0 Å². The molecule has 0 unspecified atom stereocenters. The maximum Gasteiger partial charge on any atom is 0.254 e. The van der Waals surface area contributed by atoms with Gasteiger partial charge in [-0.3, -0.25) is 14.6 Å². The fourth-order valence-corrected chi connectivity index (χ4v) is 3.47. The molecule has 1 fully saturated rings. The third-order valence-corrected chi connectivity index (χ3v) is 4.96. The third-order valence-electron chi connectivity index (χ3n) is 4.96. The van der Waals surface area contributed by atoms with Gasteiger partial charge in [0, 0.05) is 50.6 Å². The van der Waals surface area contributed by atoms with Gasteiger partial charge in [-0.2, -0.15) is 0 Å². The van der Waals surface area contributed by atoms with Crippen LogP contribution in [0.2, 0.25) is 0 Å². The second kappa shape index (κ2) is 7.15. The lowest BCUT2D eigenvalue weighted by atomic mass is 10.1. The summed E-state index contributed by atoms with van der Waals surface area (Å²) in [7, 11) is 0. The standard InChI is InChI=1S/C20H21N3O3/c24-19(14-15-1-2-18-17(13-15)5-12-26-18)22-8-10-23(11-9-22)20(25)16-3-6-21-7-4-16/h1-4,6-7,13H,5,8-12,14H2. The van der Waals surface area contributed by atoms with Crippen molar-refractivity contribution in [2.24, 2.45) is 0 Å². The molecule has 0 spiro atoms. The van der Waals surface area contributed by atoms with E-state index in [9.17, 15) is 9.59 Å². The van der Waals surface area contributed by atoms with Gasteiger partial charge in [0.25, 0.3) is 5.91 Å². The van der Waals surface area contributed by atoms with Gasteiger partial charge < -0.3 is 14.5 Å². The first-order chi connectivity index (χ1) is 12.7. The molecule has 26 heavy (non-hydrogen) atoms. The van der Waals surface area contributed by atoms with E-state index < -0.39 is 0 Å². The quantitative estimate of drug-likeness (QED) is 0.842. The number of nitrogens with zero attached hydrogens (tertiary/aromatic N) is 3. The van der Waals surface area contributed by atoms with E-state index in [0.717, 1.165) is 24.3 Å². The lowest BCUT2D eigenvalue weighted by Crippen LogP contribution is -2.51. The number of hydrogen-bond donors (Lipinski definition) is 0. The summed E-state index contributed by atoms with van der Waals surface area (Å²) in [5, 5.41) is 0. The van der Waals surface area contributed by atoms with Gasteiger partial charge in [0.2, 0.25) is 5.91 Å². The van der Waals surface area contributed by atoms with Crippen LogP contribution in [-0.2, 0) is 17.6 Å². The lowest BCUT2D eigenvalue weighted by Gasteiger charge is -2.35. The van der Waals surface area contributed by atoms with Crippen LogP contribution in [0.5, 0.6) is 5.75 Å². The Labute approximate surface area is 152 Å². The Morgan fingerprint density at radius 3 is 2.50 bits per heavy atom. The van der Waals surface area contributed by atoms with Gasteiger partial charge in [0.05, 0.1) is 13.0 Å². The van der Waals surface area contributed by atoms with E-state index in [0.29, 0.717) is 38.2 Å². The molecule has 6 heteroatoms. The van der Waals surface area contributed by atoms with Crippen molar-refractivity contribution in [1.82, 2.24) is 14.8 Å². The largest absolute Gasteiger partial charge is 0.493 e. The number of aromatic nitrogens is 1. The minimum atomic E-state index is -0.00174. The van der Waals surface area contributed by atoms with Crippen LogP contribution in [0.3, 0.4) is 0 Å². The minimum Gasteiger partial charge on any atom is -0.493 e. The van der Waals surface area contributed by atoms with Gasteiger partial charge in [0.15, 0.2) is 0 Å². The van der Waals surface area contributed by atoms with Crippen molar-refractivity contribution in [3.05, 3.63) is 59.4 Å². The number of carbonyl (C=O) groups is 2. The zero-order valence-electron chi connectivity index (χ0n) is 14.6. The number of amides is 2. The summed E-state index contributed by atoms with van der Waals surface area (Å²) in [4.78, 5) is 32.6. The van der Waals surface area contributed by atoms with Crippen LogP contribution in [0.15, 0.2) is 42.7 Å². The van der Waals surface area contributed by atoms with Crippen molar-refractivity contribution in [1.29, 1.82) is 0 Å². The molecule has 0 radical (unpaired) electrons. The molecule has 1 saturated heterocycles. The number of benzene rings is 1. The van der Waals surface area contributed by atoms with Crippen LogP contribution >= 0.6 is 0 Å². The van der Waals surface area contributed by atoms with Crippen LogP contribution < -0.4 is 4.74 Å². The summed E-state index contributed by atoms with van der Waals surface area (Å²) in [6.07, 6.45) is 4.54. The summed E-state index contributed by atoms with van der Waals surface area (Å²) in [5.41, 5.74) is 2.85. The van der Waals surface area contributed by atoms with E-state index in [-0.39, 0.29) is 11.8 Å². The molecule has 2 aliphatic rings. The number of pyridine rings is 1. The molecular weight excluding hydrogens is 330 g/mol. The van der Waals surface area contributed by atoms with Gasteiger partial charge in [-0.25, -0.2) is 0 Å². The lowest BCUT2D eigenvalue weighted by molar-refractivity contribution is -0.131. The highest BCUT2D eigenvalue weighted by Crippen LogP contribution is 2.26. The van der Waals surface area contributed by atoms with Crippen molar-refractivity contribution in [3.63, 3.8) is 0 Å². The van der Waals surface area contributed by atoms with E-state index in [1.165, 1.54) is 5.56 Å². The summed E-state index contributed by atoms with van der Waals surface area (Å²) in [6, 6.07) is 9.43. The van der Waals surface area contributed by atoms with Crippen LogP contribution in [0.4, 0.5) is 0 Å². The first-order valence-electron chi connectivity index (χ1n) is 8.92. The average Bonchev–Trinajstić information content (AvgIpc) is 3.16. The Balaban J connectivity index is 1.33. The molecule has 1 aromatic carbocycles. The predicted molar refractivity (Wildman–Crippen MR) is 96.1 cm³/mol. The van der Waals surface area contributed by atoms with E-state index in [1.807, 2.05) is 17.0 Å².